The van der Waals surface area contributed by atoms with Crippen LogP contribution in [0.15, 0.2) is 36.5 Å². The standard InChI is InChI=1S/C23H21FN6O2/c24-12-9-16(23(31)26-11-12)20-29-21-19(32-8-7-25-21)22(30-20)27-13-5-6-18-15(10-13)14-3-1-2-4-17(14)28-18/h1-4,9,11,13,28H,5-8,10H2,(H,26,31)(H2,25,27,29,30)/t13-/m1/s1. The Hall–Kier alpha value is -3.88. The number of hydrogen-bond acceptors (Lipinski definition) is 7. The van der Waals surface area contributed by atoms with Crippen molar-refractivity contribution in [1.82, 2.24) is 19.9 Å². The molecule has 0 unspecified atom stereocenters. The lowest BCUT2D eigenvalue weighted by Gasteiger charge is -2.27. The molecular weight excluding hydrogens is 411 g/mol. The number of aromatic hydroxyl groups is 1. The minimum atomic E-state index is -0.572. The summed E-state index contributed by atoms with van der Waals surface area (Å²) in [7, 11) is 0. The minimum absolute atomic E-state index is 0.130. The first-order chi connectivity index (χ1) is 15.7. The van der Waals surface area contributed by atoms with Crippen LogP contribution >= 0.6 is 0 Å². The van der Waals surface area contributed by atoms with Crippen molar-refractivity contribution in [2.75, 3.05) is 23.8 Å². The van der Waals surface area contributed by atoms with E-state index in [0.29, 0.717) is 30.5 Å². The molecular formula is C23H21FN6O2. The summed E-state index contributed by atoms with van der Waals surface area (Å²) in [5.41, 5.74) is 3.88. The van der Waals surface area contributed by atoms with E-state index in [1.54, 1.807) is 0 Å². The maximum Gasteiger partial charge on any atom is 0.222 e. The van der Waals surface area contributed by atoms with Gasteiger partial charge in [0.1, 0.15) is 12.4 Å². The Balaban J connectivity index is 1.37. The maximum atomic E-state index is 13.8. The highest BCUT2D eigenvalue weighted by Crippen LogP contribution is 2.38. The van der Waals surface area contributed by atoms with E-state index in [-0.39, 0.29) is 23.3 Å². The Morgan fingerprint density at radius 3 is 3.06 bits per heavy atom. The second kappa shape index (κ2) is 7.37. The average Bonchev–Trinajstić information content (AvgIpc) is 3.18. The Morgan fingerprint density at radius 1 is 1.22 bits per heavy atom. The van der Waals surface area contributed by atoms with Crippen LogP contribution in [0.1, 0.15) is 17.7 Å². The summed E-state index contributed by atoms with van der Waals surface area (Å²) in [6.07, 6.45) is 3.65. The molecule has 8 nitrogen and oxygen atoms in total. The van der Waals surface area contributed by atoms with Crippen molar-refractivity contribution in [1.29, 1.82) is 0 Å². The highest BCUT2D eigenvalue weighted by molar-refractivity contribution is 5.85. The van der Waals surface area contributed by atoms with Crippen molar-refractivity contribution in [3.8, 4) is 23.0 Å². The van der Waals surface area contributed by atoms with E-state index in [9.17, 15) is 9.50 Å². The smallest absolute Gasteiger partial charge is 0.222 e. The third kappa shape index (κ3) is 3.17. The van der Waals surface area contributed by atoms with Crippen molar-refractivity contribution in [2.45, 2.75) is 25.3 Å². The second-order valence-electron chi connectivity index (χ2n) is 8.09. The maximum absolute atomic E-state index is 13.8. The zero-order valence-corrected chi connectivity index (χ0v) is 17.2. The highest BCUT2D eigenvalue weighted by Gasteiger charge is 2.27. The lowest BCUT2D eigenvalue weighted by atomic mass is 9.91. The van der Waals surface area contributed by atoms with E-state index in [0.717, 1.165) is 31.0 Å². The number of H-pyrrole nitrogens is 1. The molecule has 1 aliphatic carbocycles. The zero-order chi connectivity index (χ0) is 21.7. The largest absolute Gasteiger partial charge is 0.493 e. The molecule has 162 valence electrons. The number of fused-ring (bicyclic) bond motifs is 4. The average molecular weight is 432 g/mol. The van der Waals surface area contributed by atoms with Gasteiger partial charge in [-0.1, -0.05) is 18.2 Å². The number of aromatic nitrogens is 4. The van der Waals surface area contributed by atoms with Crippen LogP contribution < -0.4 is 15.4 Å². The second-order valence-corrected chi connectivity index (χ2v) is 8.09. The van der Waals surface area contributed by atoms with Crippen LogP contribution in [0.2, 0.25) is 0 Å². The van der Waals surface area contributed by atoms with E-state index in [4.69, 9.17) is 4.74 Å². The van der Waals surface area contributed by atoms with Gasteiger partial charge in [0, 0.05) is 22.6 Å². The van der Waals surface area contributed by atoms with Gasteiger partial charge in [-0.2, -0.15) is 0 Å². The van der Waals surface area contributed by atoms with E-state index in [2.05, 4.69) is 48.8 Å². The van der Waals surface area contributed by atoms with Gasteiger partial charge in [-0.25, -0.2) is 19.3 Å². The molecule has 0 amide bonds. The minimum Gasteiger partial charge on any atom is -0.493 e. The van der Waals surface area contributed by atoms with E-state index >= 15 is 0 Å². The van der Waals surface area contributed by atoms with Crippen molar-refractivity contribution >= 4 is 22.5 Å². The van der Waals surface area contributed by atoms with Crippen LogP contribution in [0.3, 0.4) is 0 Å². The number of halogens is 1. The Labute approximate surface area is 182 Å². The SMILES string of the molecule is Oc1ncc(F)cc1-c1nc2c(c(N[C@@H]3CCc4[nH]c5ccccc5c4C3)n1)OCCN2. The van der Waals surface area contributed by atoms with Crippen LogP contribution in [-0.2, 0) is 12.8 Å². The number of para-hydroxylation sites is 1. The number of nitrogens with one attached hydrogen (secondary N) is 3. The summed E-state index contributed by atoms with van der Waals surface area (Å²) in [5.74, 6) is 0.850. The predicted molar refractivity (Wildman–Crippen MR) is 119 cm³/mol. The molecule has 0 radical (unpaired) electrons. The first-order valence-electron chi connectivity index (χ1n) is 10.6. The number of anilines is 2. The molecule has 4 N–H and O–H groups in total. The zero-order valence-electron chi connectivity index (χ0n) is 17.2. The third-order valence-electron chi connectivity index (χ3n) is 6.02. The fourth-order valence-corrected chi connectivity index (χ4v) is 4.53. The van der Waals surface area contributed by atoms with Gasteiger partial charge in [-0.05, 0) is 37.0 Å². The normalized spacial score (nSPS) is 17.2. The van der Waals surface area contributed by atoms with Crippen LogP contribution in [0.25, 0.3) is 22.3 Å². The molecule has 2 aliphatic rings. The van der Waals surface area contributed by atoms with Gasteiger partial charge in [-0.15, -0.1) is 0 Å². The molecule has 4 aromatic rings. The monoisotopic (exact) mass is 432 g/mol. The number of hydrogen-bond donors (Lipinski definition) is 4. The Kier molecular flexibility index (Phi) is 4.34. The number of nitrogens with zero attached hydrogens (tertiary/aromatic N) is 3. The van der Waals surface area contributed by atoms with Crippen LogP contribution in [-0.4, -0.2) is 44.2 Å². The summed E-state index contributed by atoms with van der Waals surface area (Å²) in [6, 6.07) is 9.65. The van der Waals surface area contributed by atoms with Crippen molar-refractivity contribution < 1.29 is 14.2 Å². The topological polar surface area (TPSA) is 108 Å². The fraction of sp³-hybridized carbons (Fsp3) is 0.261. The quantitative estimate of drug-likeness (QED) is 0.391. The molecule has 1 aliphatic heterocycles. The first-order valence-corrected chi connectivity index (χ1v) is 10.6. The molecule has 3 aromatic heterocycles. The number of ether oxygens (including phenoxy) is 1. The van der Waals surface area contributed by atoms with Crippen molar-refractivity contribution in [3.63, 3.8) is 0 Å². The molecule has 9 heteroatoms. The van der Waals surface area contributed by atoms with Gasteiger partial charge in [0.25, 0.3) is 0 Å². The van der Waals surface area contributed by atoms with Crippen molar-refractivity contribution in [2.24, 2.45) is 0 Å². The molecule has 6 rings (SSSR count). The molecule has 1 aromatic carbocycles. The Bertz CT molecular complexity index is 1340. The number of pyridine rings is 1. The number of aromatic amines is 1. The summed E-state index contributed by atoms with van der Waals surface area (Å²) in [4.78, 5) is 16.3. The summed E-state index contributed by atoms with van der Waals surface area (Å²) >= 11 is 0. The summed E-state index contributed by atoms with van der Waals surface area (Å²) < 4.78 is 19.7. The molecule has 0 fully saturated rings. The van der Waals surface area contributed by atoms with E-state index in [1.165, 1.54) is 22.7 Å². The summed E-state index contributed by atoms with van der Waals surface area (Å²) in [6.45, 7) is 1.09. The lowest BCUT2D eigenvalue weighted by Crippen LogP contribution is -2.29. The lowest BCUT2D eigenvalue weighted by molar-refractivity contribution is 0.321. The van der Waals surface area contributed by atoms with Gasteiger partial charge >= 0.3 is 0 Å². The van der Waals surface area contributed by atoms with Crippen LogP contribution in [0.5, 0.6) is 11.6 Å². The molecule has 1 atom stereocenters. The highest BCUT2D eigenvalue weighted by atomic mass is 19.1. The fourth-order valence-electron chi connectivity index (χ4n) is 4.53. The van der Waals surface area contributed by atoms with Gasteiger partial charge in [-0.3, -0.25) is 0 Å². The molecule has 0 spiro atoms. The third-order valence-corrected chi connectivity index (χ3v) is 6.02. The number of aryl methyl sites for hydroxylation is 1. The first kappa shape index (κ1) is 18.9. The molecule has 4 heterocycles. The van der Waals surface area contributed by atoms with Crippen LogP contribution in [0, 0.1) is 5.82 Å². The van der Waals surface area contributed by atoms with E-state index < -0.39 is 5.82 Å². The van der Waals surface area contributed by atoms with Gasteiger partial charge < -0.3 is 25.5 Å². The summed E-state index contributed by atoms with van der Waals surface area (Å²) in [5, 5.41) is 18.1. The van der Waals surface area contributed by atoms with Crippen molar-refractivity contribution in [3.05, 3.63) is 53.6 Å². The van der Waals surface area contributed by atoms with Gasteiger partial charge in [0.05, 0.1) is 18.3 Å². The van der Waals surface area contributed by atoms with Gasteiger partial charge in [0.2, 0.25) is 11.6 Å². The van der Waals surface area contributed by atoms with Crippen LogP contribution in [0.4, 0.5) is 16.0 Å². The number of benzene rings is 1. The van der Waals surface area contributed by atoms with E-state index in [1.807, 2.05) is 6.07 Å². The Morgan fingerprint density at radius 2 is 2.12 bits per heavy atom. The molecule has 0 bridgehead atoms. The predicted octanol–water partition coefficient (Wildman–Crippen LogP) is 3.64. The number of rotatable bonds is 3. The molecule has 0 saturated carbocycles. The molecule has 32 heavy (non-hydrogen) atoms. The molecule has 0 saturated heterocycles. The van der Waals surface area contributed by atoms with Gasteiger partial charge in [0.15, 0.2) is 17.5 Å².